The van der Waals surface area contributed by atoms with Crippen LogP contribution in [0.1, 0.15) is 17.5 Å². The van der Waals surface area contributed by atoms with Crippen LogP contribution in [0.4, 0.5) is 0 Å². The first-order chi connectivity index (χ1) is 8.49. The number of likely N-dealkylation sites (N-methyl/N-ethyl adjacent to an activating group) is 1. The number of benzene rings is 1. The van der Waals surface area contributed by atoms with Crippen molar-refractivity contribution in [3.05, 3.63) is 34.3 Å². The molecule has 0 spiro atoms. The lowest BCUT2D eigenvalue weighted by Crippen LogP contribution is -2.36. The number of likely N-dealkylation sites (tertiary alicyclic amines) is 1. The molecule has 1 unspecified atom stereocenters. The first-order valence-electron chi connectivity index (χ1n) is 5.78. The molecule has 0 radical (unpaired) electrons. The van der Waals surface area contributed by atoms with Crippen molar-refractivity contribution in [1.29, 1.82) is 0 Å². The minimum Gasteiger partial charge on any atom is -0.301 e. The monoisotopic (exact) mass is 266 g/mol. The van der Waals surface area contributed by atoms with Gasteiger partial charge in [0.15, 0.2) is 0 Å². The Labute approximate surface area is 111 Å². The van der Waals surface area contributed by atoms with Gasteiger partial charge in [0.2, 0.25) is 11.8 Å². The van der Waals surface area contributed by atoms with Crippen LogP contribution >= 0.6 is 11.6 Å². The van der Waals surface area contributed by atoms with E-state index >= 15 is 0 Å². The van der Waals surface area contributed by atoms with Crippen molar-refractivity contribution in [3.63, 3.8) is 0 Å². The van der Waals surface area contributed by atoms with Crippen LogP contribution in [0.25, 0.3) is 0 Å². The highest BCUT2D eigenvalue weighted by Gasteiger charge is 2.35. The highest BCUT2D eigenvalue weighted by molar-refractivity contribution is 6.30. The van der Waals surface area contributed by atoms with E-state index in [0.717, 1.165) is 11.1 Å². The van der Waals surface area contributed by atoms with E-state index in [1.165, 1.54) is 11.9 Å². The second kappa shape index (κ2) is 5.08. The molecular weight excluding hydrogens is 252 g/mol. The molecule has 2 rings (SSSR count). The van der Waals surface area contributed by atoms with E-state index in [4.69, 9.17) is 11.6 Å². The molecule has 0 aliphatic carbocycles. The van der Waals surface area contributed by atoms with Gasteiger partial charge in [-0.2, -0.15) is 0 Å². The van der Waals surface area contributed by atoms with Gasteiger partial charge in [0.05, 0.1) is 12.5 Å². The van der Waals surface area contributed by atoms with E-state index in [-0.39, 0.29) is 18.2 Å². The number of imide groups is 1. The van der Waals surface area contributed by atoms with Gasteiger partial charge < -0.3 is 5.32 Å². The number of rotatable bonds is 3. The summed E-state index contributed by atoms with van der Waals surface area (Å²) in [7, 11) is 1.51. The van der Waals surface area contributed by atoms with Gasteiger partial charge in [0.25, 0.3) is 0 Å². The van der Waals surface area contributed by atoms with Crippen molar-refractivity contribution in [1.82, 2.24) is 10.2 Å². The maximum absolute atomic E-state index is 11.7. The van der Waals surface area contributed by atoms with Crippen molar-refractivity contribution < 1.29 is 9.59 Å². The number of carbonyl (C=O) groups is 2. The summed E-state index contributed by atoms with van der Waals surface area (Å²) in [6.07, 6.45) is 0.238. The molecule has 1 aliphatic heterocycles. The fourth-order valence-electron chi connectivity index (χ4n) is 2.01. The van der Waals surface area contributed by atoms with E-state index in [1.807, 2.05) is 25.1 Å². The third-order valence-electron chi connectivity index (χ3n) is 3.23. The van der Waals surface area contributed by atoms with Crippen LogP contribution in [0.2, 0.25) is 5.02 Å². The Kier molecular flexibility index (Phi) is 3.68. The molecule has 5 heteroatoms. The predicted octanol–water partition coefficient (Wildman–Crippen LogP) is 1.50. The van der Waals surface area contributed by atoms with Crippen LogP contribution in [-0.4, -0.2) is 29.8 Å². The Morgan fingerprint density at radius 1 is 1.44 bits per heavy atom. The van der Waals surface area contributed by atoms with E-state index < -0.39 is 6.04 Å². The Morgan fingerprint density at radius 3 is 2.72 bits per heavy atom. The molecule has 0 bridgehead atoms. The molecule has 1 heterocycles. The zero-order chi connectivity index (χ0) is 13.3. The van der Waals surface area contributed by atoms with Gasteiger partial charge >= 0.3 is 0 Å². The molecule has 0 aromatic heterocycles. The van der Waals surface area contributed by atoms with Crippen molar-refractivity contribution in [2.45, 2.75) is 25.9 Å². The molecule has 18 heavy (non-hydrogen) atoms. The number of nitrogens with one attached hydrogen (secondary N) is 1. The summed E-state index contributed by atoms with van der Waals surface area (Å²) in [5.41, 5.74) is 2.15. The van der Waals surface area contributed by atoms with Crippen molar-refractivity contribution >= 4 is 23.4 Å². The number of hydrogen-bond donors (Lipinski definition) is 1. The summed E-state index contributed by atoms with van der Waals surface area (Å²) in [6, 6.07) is 5.22. The van der Waals surface area contributed by atoms with Crippen LogP contribution in [0.5, 0.6) is 0 Å². The third-order valence-corrected chi connectivity index (χ3v) is 3.46. The molecule has 1 fully saturated rings. The molecule has 96 valence electrons. The van der Waals surface area contributed by atoms with Crippen molar-refractivity contribution in [2.24, 2.45) is 0 Å². The standard InChI is InChI=1S/C13H15ClN2O2/c1-8-5-10(14)4-3-9(8)7-15-11-6-12(17)16(2)13(11)18/h3-5,11,15H,6-7H2,1-2H3. The lowest BCUT2D eigenvalue weighted by atomic mass is 10.1. The summed E-state index contributed by atoms with van der Waals surface area (Å²) in [4.78, 5) is 24.2. The Morgan fingerprint density at radius 2 is 2.17 bits per heavy atom. The third kappa shape index (κ3) is 2.54. The maximum atomic E-state index is 11.7. The Bertz CT molecular complexity index is 502. The average Bonchev–Trinajstić information content (AvgIpc) is 2.56. The van der Waals surface area contributed by atoms with Gasteiger partial charge in [-0.3, -0.25) is 14.5 Å². The smallest absolute Gasteiger partial charge is 0.246 e. The fourth-order valence-corrected chi connectivity index (χ4v) is 2.23. The van der Waals surface area contributed by atoms with Gasteiger partial charge in [0.1, 0.15) is 0 Å². The number of aryl methyl sites for hydroxylation is 1. The van der Waals surface area contributed by atoms with E-state index in [1.54, 1.807) is 0 Å². The lowest BCUT2D eigenvalue weighted by Gasteiger charge is -2.12. The first kappa shape index (κ1) is 13.1. The lowest BCUT2D eigenvalue weighted by molar-refractivity contribution is -0.137. The van der Waals surface area contributed by atoms with Crippen LogP contribution in [-0.2, 0) is 16.1 Å². The molecule has 1 N–H and O–H groups in total. The molecule has 1 aliphatic rings. The first-order valence-corrected chi connectivity index (χ1v) is 6.15. The molecule has 4 nitrogen and oxygen atoms in total. The number of hydrogen-bond acceptors (Lipinski definition) is 3. The number of amides is 2. The quantitative estimate of drug-likeness (QED) is 0.844. The molecule has 0 saturated carbocycles. The van der Waals surface area contributed by atoms with Crippen LogP contribution in [0.3, 0.4) is 0 Å². The maximum Gasteiger partial charge on any atom is 0.246 e. The second-order valence-corrected chi connectivity index (χ2v) is 4.94. The Hall–Kier alpha value is -1.39. The molecule has 2 amide bonds. The number of carbonyl (C=O) groups excluding carboxylic acids is 2. The summed E-state index contributed by atoms with van der Waals surface area (Å²) >= 11 is 5.88. The van der Waals surface area contributed by atoms with Crippen molar-refractivity contribution in [3.8, 4) is 0 Å². The topological polar surface area (TPSA) is 49.4 Å². The van der Waals surface area contributed by atoms with E-state index in [2.05, 4.69) is 5.32 Å². The van der Waals surface area contributed by atoms with Crippen LogP contribution < -0.4 is 5.32 Å². The van der Waals surface area contributed by atoms with Gasteiger partial charge in [-0.1, -0.05) is 17.7 Å². The van der Waals surface area contributed by atoms with Crippen LogP contribution in [0.15, 0.2) is 18.2 Å². The van der Waals surface area contributed by atoms with Gasteiger partial charge in [0, 0.05) is 18.6 Å². The van der Waals surface area contributed by atoms with Gasteiger partial charge in [-0.25, -0.2) is 0 Å². The normalized spacial score (nSPS) is 19.7. The van der Waals surface area contributed by atoms with Gasteiger partial charge in [-0.15, -0.1) is 0 Å². The minimum absolute atomic E-state index is 0.134. The van der Waals surface area contributed by atoms with Crippen LogP contribution in [0, 0.1) is 6.92 Å². The SMILES string of the molecule is Cc1cc(Cl)ccc1CNC1CC(=O)N(C)C1=O. The van der Waals surface area contributed by atoms with Gasteiger partial charge in [-0.05, 0) is 30.2 Å². The summed E-state index contributed by atoms with van der Waals surface area (Å²) in [5.74, 6) is -0.294. The largest absolute Gasteiger partial charge is 0.301 e. The second-order valence-electron chi connectivity index (χ2n) is 4.50. The highest BCUT2D eigenvalue weighted by Crippen LogP contribution is 2.16. The highest BCUT2D eigenvalue weighted by atomic mass is 35.5. The molecule has 1 aromatic rings. The summed E-state index contributed by atoms with van der Waals surface area (Å²) in [6.45, 7) is 2.52. The number of nitrogens with zero attached hydrogens (tertiary/aromatic N) is 1. The van der Waals surface area contributed by atoms with Crippen molar-refractivity contribution in [2.75, 3.05) is 7.05 Å². The molecular formula is C13H15ClN2O2. The average molecular weight is 267 g/mol. The predicted molar refractivity (Wildman–Crippen MR) is 69.2 cm³/mol. The summed E-state index contributed by atoms with van der Waals surface area (Å²) in [5, 5.41) is 3.81. The molecule has 1 atom stereocenters. The zero-order valence-corrected chi connectivity index (χ0v) is 11.1. The summed E-state index contributed by atoms with van der Waals surface area (Å²) < 4.78 is 0. The fraction of sp³-hybridized carbons (Fsp3) is 0.385. The van der Waals surface area contributed by atoms with E-state index in [9.17, 15) is 9.59 Å². The van der Waals surface area contributed by atoms with E-state index in [0.29, 0.717) is 11.6 Å². The Balaban J connectivity index is 2.00. The number of halogens is 1. The molecule has 1 saturated heterocycles. The zero-order valence-electron chi connectivity index (χ0n) is 10.4. The minimum atomic E-state index is -0.405. The molecule has 1 aromatic carbocycles.